The van der Waals surface area contributed by atoms with Crippen LogP contribution in [-0.4, -0.2) is 29.4 Å². The molecular formula is C20H17N3O4S. The second kappa shape index (κ2) is 7.40. The predicted octanol–water partition coefficient (Wildman–Crippen LogP) is 4.01. The third-order valence-corrected chi connectivity index (χ3v) is 5.07. The van der Waals surface area contributed by atoms with E-state index in [0.29, 0.717) is 16.7 Å². The topological polar surface area (TPSA) is 84.7 Å². The number of hydrogen-bond donors (Lipinski definition) is 1. The molecule has 1 N–H and O–H groups in total. The number of thioether (sulfide) groups is 1. The number of anilines is 1. The molecule has 2 aromatic carbocycles. The highest BCUT2D eigenvalue weighted by molar-refractivity contribution is 8.18. The average Bonchev–Trinajstić information content (AvgIpc) is 3.25. The number of fused-ring (bicyclic) bond motifs is 1. The molecule has 0 saturated carbocycles. The van der Waals surface area contributed by atoms with E-state index in [-0.39, 0.29) is 17.4 Å². The lowest BCUT2D eigenvalue weighted by atomic mass is 10.2. The van der Waals surface area contributed by atoms with E-state index >= 15 is 0 Å². The zero-order chi connectivity index (χ0) is 19.7. The molecule has 0 aliphatic carbocycles. The maximum atomic E-state index is 11.6. The zero-order valence-corrected chi connectivity index (χ0v) is 16.0. The van der Waals surface area contributed by atoms with Gasteiger partial charge in [0.15, 0.2) is 11.8 Å². The summed E-state index contributed by atoms with van der Waals surface area (Å²) < 4.78 is 11.7. The van der Waals surface area contributed by atoms with Crippen LogP contribution < -0.4 is 15.0 Å². The second-order valence-electron chi connectivity index (χ2n) is 6.21. The molecule has 1 fully saturated rings. The zero-order valence-electron chi connectivity index (χ0n) is 15.2. The van der Waals surface area contributed by atoms with Gasteiger partial charge in [0.2, 0.25) is 0 Å². The van der Waals surface area contributed by atoms with Gasteiger partial charge >= 0.3 is 6.01 Å². The van der Waals surface area contributed by atoms with Gasteiger partial charge in [0.1, 0.15) is 11.3 Å². The lowest BCUT2D eigenvalue weighted by Crippen LogP contribution is -2.34. The van der Waals surface area contributed by atoms with E-state index in [1.807, 2.05) is 62.5 Å². The van der Waals surface area contributed by atoms with Crippen LogP contribution in [0.4, 0.5) is 10.8 Å². The Morgan fingerprint density at radius 1 is 1.18 bits per heavy atom. The normalized spacial score (nSPS) is 16.4. The number of nitrogens with one attached hydrogen (secondary N) is 1. The van der Waals surface area contributed by atoms with Crippen molar-refractivity contribution in [2.24, 2.45) is 0 Å². The quantitative estimate of drug-likeness (QED) is 0.516. The highest BCUT2D eigenvalue weighted by Crippen LogP contribution is 2.27. The summed E-state index contributed by atoms with van der Waals surface area (Å²) in [6, 6.07) is 15.3. The van der Waals surface area contributed by atoms with Crippen molar-refractivity contribution in [3.05, 3.63) is 59.0 Å². The summed E-state index contributed by atoms with van der Waals surface area (Å²) in [7, 11) is 1.85. The number of rotatable bonds is 5. The SMILES string of the molecule is CC(Oc1ccc(/C=C2\SC(=O)NC2=O)cc1)N(C)c1nc2ccccc2o1. The number of benzene rings is 2. The molecule has 0 spiro atoms. The maximum absolute atomic E-state index is 11.6. The van der Waals surface area contributed by atoms with Gasteiger partial charge in [-0.1, -0.05) is 24.3 Å². The first-order valence-corrected chi connectivity index (χ1v) is 9.41. The Morgan fingerprint density at radius 3 is 2.61 bits per heavy atom. The molecular weight excluding hydrogens is 378 g/mol. The summed E-state index contributed by atoms with van der Waals surface area (Å²) >= 11 is 0.893. The van der Waals surface area contributed by atoms with E-state index in [2.05, 4.69) is 10.3 Å². The summed E-state index contributed by atoms with van der Waals surface area (Å²) in [5, 5.41) is 1.88. The van der Waals surface area contributed by atoms with E-state index in [9.17, 15) is 9.59 Å². The van der Waals surface area contributed by atoms with Crippen LogP contribution in [0.3, 0.4) is 0 Å². The molecule has 1 aliphatic rings. The molecule has 4 rings (SSSR count). The monoisotopic (exact) mass is 395 g/mol. The van der Waals surface area contributed by atoms with Crippen molar-refractivity contribution in [2.75, 3.05) is 11.9 Å². The van der Waals surface area contributed by atoms with E-state index in [1.54, 1.807) is 11.0 Å². The molecule has 1 atom stereocenters. The average molecular weight is 395 g/mol. The molecule has 0 bridgehead atoms. The number of aromatic nitrogens is 1. The Balaban J connectivity index is 1.44. The number of amides is 2. The molecule has 0 radical (unpaired) electrons. The summed E-state index contributed by atoms with van der Waals surface area (Å²) in [6.07, 6.45) is 1.36. The Hall–Kier alpha value is -3.26. The highest BCUT2D eigenvalue weighted by Gasteiger charge is 2.25. The van der Waals surface area contributed by atoms with E-state index in [1.165, 1.54) is 0 Å². The Morgan fingerprint density at radius 2 is 1.93 bits per heavy atom. The summed E-state index contributed by atoms with van der Waals surface area (Å²) in [6.45, 7) is 1.90. The largest absolute Gasteiger partial charge is 0.471 e. The Kier molecular flexibility index (Phi) is 4.79. The number of carbonyl (C=O) groups excluding carboxylic acids is 2. The minimum Gasteiger partial charge on any atom is -0.471 e. The molecule has 2 heterocycles. The number of ether oxygens (including phenoxy) is 1. The van der Waals surface area contributed by atoms with Gasteiger partial charge in [0.25, 0.3) is 11.1 Å². The smallest absolute Gasteiger partial charge is 0.301 e. The number of carbonyl (C=O) groups is 2. The van der Waals surface area contributed by atoms with Gasteiger partial charge in [-0.3, -0.25) is 19.8 Å². The van der Waals surface area contributed by atoms with Gasteiger partial charge in [-0.25, -0.2) is 0 Å². The van der Waals surface area contributed by atoms with Crippen molar-refractivity contribution in [3.8, 4) is 5.75 Å². The molecule has 142 valence electrons. The first-order valence-electron chi connectivity index (χ1n) is 8.59. The van der Waals surface area contributed by atoms with Gasteiger partial charge in [0.05, 0.1) is 4.91 Å². The minimum absolute atomic E-state index is 0.314. The number of oxazole rings is 1. The van der Waals surface area contributed by atoms with Crippen LogP contribution in [0.2, 0.25) is 0 Å². The van der Waals surface area contributed by atoms with Gasteiger partial charge in [-0.15, -0.1) is 0 Å². The summed E-state index contributed by atoms with van der Waals surface area (Å²) in [4.78, 5) is 29.5. The fraction of sp³-hybridized carbons (Fsp3) is 0.150. The molecule has 2 amide bonds. The van der Waals surface area contributed by atoms with Crippen molar-refractivity contribution in [1.29, 1.82) is 0 Å². The second-order valence-corrected chi connectivity index (χ2v) is 7.23. The molecule has 1 aromatic heterocycles. The molecule has 3 aromatic rings. The van der Waals surface area contributed by atoms with Crippen LogP contribution in [0.15, 0.2) is 57.9 Å². The van der Waals surface area contributed by atoms with Crippen molar-refractivity contribution in [3.63, 3.8) is 0 Å². The Bertz CT molecular complexity index is 1040. The van der Waals surface area contributed by atoms with Gasteiger partial charge in [-0.2, -0.15) is 4.98 Å². The lowest BCUT2D eigenvalue weighted by molar-refractivity contribution is -0.115. The minimum atomic E-state index is -0.371. The Labute approximate surface area is 165 Å². The van der Waals surface area contributed by atoms with Crippen molar-refractivity contribution < 1.29 is 18.7 Å². The number of nitrogens with zero attached hydrogens (tertiary/aromatic N) is 2. The van der Waals surface area contributed by atoms with E-state index in [4.69, 9.17) is 9.15 Å². The fourth-order valence-corrected chi connectivity index (χ4v) is 3.34. The van der Waals surface area contributed by atoms with Gasteiger partial charge < -0.3 is 9.15 Å². The third kappa shape index (κ3) is 3.72. The van der Waals surface area contributed by atoms with Gasteiger partial charge in [-0.05, 0) is 54.6 Å². The highest BCUT2D eigenvalue weighted by atomic mass is 32.2. The van der Waals surface area contributed by atoms with Crippen LogP contribution in [0.1, 0.15) is 12.5 Å². The lowest BCUT2D eigenvalue weighted by Gasteiger charge is -2.24. The van der Waals surface area contributed by atoms with Crippen LogP contribution in [-0.2, 0) is 4.79 Å². The molecule has 28 heavy (non-hydrogen) atoms. The van der Waals surface area contributed by atoms with Crippen LogP contribution in [0, 0.1) is 0 Å². The number of para-hydroxylation sites is 2. The fourth-order valence-electron chi connectivity index (χ4n) is 2.66. The molecule has 1 aliphatic heterocycles. The number of imide groups is 1. The molecule has 1 saturated heterocycles. The standard InChI is InChI=1S/C20H17N3O4S/c1-12(23(2)19-21-15-5-3-4-6-16(15)27-19)26-14-9-7-13(8-10-14)11-17-18(24)22-20(25)28-17/h3-12H,1-2H3,(H,22,24,25)/b17-11-. The molecule has 7 nitrogen and oxygen atoms in total. The molecule has 8 heteroatoms. The van der Waals surface area contributed by atoms with Crippen molar-refractivity contribution in [1.82, 2.24) is 10.3 Å². The number of hydrogen-bond acceptors (Lipinski definition) is 7. The first kappa shape index (κ1) is 18.1. The third-order valence-electron chi connectivity index (χ3n) is 4.26. The van der Waals surface area contributed by atoms with Crippen LogP contribution in [0.25, 0.3) is 17.2 Å². The van der Waals surface area contributed by atoms with Crippen LogP contribution >= 0.6 is 11.8 Å². The summed E-state index contributed by atoms with van der Waals surface area (Å²) in [5.74, 6) is 0.293. The van der Waals surface area contributed by atoms with Crippen molar-refractivity contribution >= 4 is 46.1 Å². The predicted molar refractivity (Wildman–Crippen MR) is 108 cm³/mol. The van der Waals surface area contributed by atoms with E-state index in [0.717, 1.165) is 28.4 Å². The van der Waals surface area contributed by atoms with Gasteiger partial charge in [0, 0.05) is 7.05 Å². The van der Waals surface area contributed by atoms with E-state index < -0.39 is 0 Å². The molecule has 1 unspecified atom stereocenters. The first-order chi connectivity index (χ1) is 13.5. The van der Waals surface area contributed by atoms with Crippen LogP contribution in [0.5, 0.6) is 5.75 Å². The maximum Gasteiger partial charge on any atom is 0.301 e. The van der Waals surface area contributed by atoms with Crippen molar-refractivity contribution in [2.45, 2.75) is 13.2 Å². The summed E-state index contributed by atoms with van der Waals surface area (Å²) in [5.41, 5.74) is 2.32.